The average molecular weight is 432 g/mol. The van der Waals surface area contributed by atoms with Crippen molar-refractivity contribution in [3.63, 3.8) is 0 Å². The maximum absolute atomic E-state index is 13.5. The lowest BCUT2D eigenvalue weighted by atomic mass is 10.2. The summed E-state index contributed by atoms with van der Waals surface area (Å²) in [6.45, 7) is 3.21. The van der Waals surface area contributed by atoms with Crippen molar-refractivity contribution in [1.29, 1.82) is 0 Å². The largest absolute Gasteiger partial charge is 0.290 e. The Hall–Kier alpha value is -1.75. The minimum atomic E-state index is -4.23. The van der Waals surface area contributed by atoms with Gasteiger partial charge < -0.3 is 0 Å². The van der Waals surface area contributed by atoms with Crippen LogP contribution in [0.4, 0.5) is 0 Å². The molecule has 0 aromatic heterocycles. The Morgan fingerprint density at radius 3 is 1.96 bits per heavy atom. The summed E-state index contributed by atoms with van der Waals surface area (Å²) in [4.78, 5) is 0.0954. The third kappa shape index (κ3) is 6.13. The van der Waals surface area contributed by atoms with Crippen molar-refractivity contribution < 1.29 is 25.2 Å². The molecule has 7 nitrogen and oxygen atoms in total. The second kappa shape index (κ2) is 8.09. The molecule has 27 heavy (non-hydrogen) atoms. The monoisotopic (exact) mass is 431 g/mol. The molecule has 0 saturated carbocycles. The number of benzene rings is 2. The average Bonchev–Trinajstić information content (AvgIpc) is 2.53. The van der Waals surface area contributed by atoms with Gasteiger partial charge in [0.15, 0.2) is 0 Å². The van der Waals surface area contributed by atoms with Crippen molar-refractivity contribution in [3.05, 3.63) is 60.2 Å². The van der Waals surface area contributed by atoms with Crippen LogP contribution in [0.5, 0.6) is 0 Å². The smallest absolute Gasteiger partial charge is 0.266 e. The molecule has 0 spiro atoms. The van der Waals surface area contributed by atoms with E-state index < -0.39 is 41.7 Å². The fourth-order valence-corrected chi connectivity index (χ4v) is 7.27. The van der Waals surface area contributed by atoms with Gasteiger partial charge in [-0.15, -0.1) is 3.77 Å². The third-order valence-corrected chi connectivity index (χ3v) is 8.67. The minimum absolute atomic E-state index is 0.0894. The molecule has 2 aromatic carbocycles. The van der Waals surface area contributed by atoms with Gasteiger partial charge in [-0.3, -0.25) is 4.18 Å². The molecule has 0 amide bonds. The van der Waals surface area contributed by atoms with Gasteiger partial charge in [-0.2, -0.15) is 16.8 Å². The van der Waals surface area contributed by atoms with Gasteiger partial charge in [0.25, 0.3) is 20.1 Å². The van der Waals surface area contributed by atoms with Gasteiger partial charge in [-0.1, -0.05) is 35.9 Å². The van der Waals surface area contributed by atoms with Gasteiger partial charge in [-0.25, -0.2) is 4.21 Å². The van der Waals surface area contributed by atoms with E-state index in [0.29, 0.717) is 0 Å². The highest BCUT2D eigenvalue weighted by atomic mass is 32.3. The summed E-state index contributed by atoms with van der Waals surface area (Å²) in [7, 11) is -11.5. The molecule has 0 radical (unpaired) electrons. The molecule has 0 N–H and O–H groups in total. The summed E-state index contributed by atoms with van der Waals surface area (Å²) >= 11 is 0. The maximum Gasteiger partial charge on any atom is 0.290 e. The Bertz CT molecular complexity index is 1110. The molecule has 10 heteroatoms. The number of aryl methyl sites for hydroxylation is 1. The topological polar surface area (TPSA) is 107 Å². The summed E-state index contributed by atoms with van der Waals surface area (Å²) in [5, 5.41) is 0. The van der Waals surface area contributed by atoms with Gasteiger partial charge in [0.2, 0.25) is 0 Å². The van der Waals surface area contributed by atoms with E-state index in [1.165, 1.54) is 31.2 Å². The quantitative estimate of drug-likeness (QED) is 0.624. The van der Waals surface area contributed by atoms with Crippen LogP contribution in [0.2, 0.25) is 0 Å². The van der Waals surface area contributed by atoms with Crippen LogP contribution in [-0.2, 0) is 34.1 Å². The first-order valence-corrected chi connectivity index (χ1v) is 12.9. The number of rotatable bonds is 7. The van der Waals surface area contributed by atoms with Crippen LogP contribution in [0.3, 0.4) is 0 Å². The molecule has 148 valence electrons. The van der Waals surface area contributed by atoms with Crippen molar-refractivity contribution in [3.8, 4) is 0 Å². The summed E-state index contributed by atoms with van der Waals surface area (Å²) in [5.41, 5.74) is 0.868. The highest BCUT2D eigenvalue weighted by molar-refractivity contribution is 8.03. The van der Waals surface area contributed by atoms with Crippen LogP contribution in [0.25, 0.3) is 0 Å². The Kier molecular flexibility index (Phi) is 6.46. The van der Waals surface area contributed by atoms with Crippen LogP contribution < -0.4 is 0 Å². The molecular weight excluding hydrogens is 410 g/mol. The fourth-order valence-electron chi connectivity index (χ4n) is 2.36. The fraction of sp³-hybridized carbons (Fsp3) is 0.294. The van der Waals surface area contributed by atoms with E-state index in [2.05, 4.69) is 3.77 Å². The van der Waals surface area contributed by atoms with Crippen LogP contribution in [0.15, 0.2) is 68.2 Å². The zero-order valence-electron chi connectivity index (χ0n) is 15.1. The van der Waals surface area contributed by atoms with E-state index in [1.807, 2.05) is 6.92 Å². The molecule has 2 rings (SSSR count). The Morgan fingerprint density at radius 2 is 1.44 bits per heavy atom. The van der Waals surface area contributed by atoms with Gasteiger partial charge in [0, 0.05) is 4.90 Å². The second-order valence-electron chi connectivity index (χ2n) is 6.09. The van der Waals surface area contributed by atoms with Crippen molar-refractivity contribution in [2.75, 3.05) is 12.0 Å². The maximum atomic E-state index is 13.5. The van der Waals surface area contributed by atoms with E-state index in [4.69, 9.17) is 4.18 Å². The number of hydrogen-bond donors (Lipinski definition) is 0. The van der Waals surface area contributed by atoms with Crippen molar-refractivity contribution in [2.24, 2.45) is 3.77 Å². The van der Waals surface area contributed by atoms with Gasteiger partial charge in [0.1, 0.15) is 0 Å². The van der Waals surface area contributed by atoms with Crippen LogP contribution in [0, 0.1) is 6.92 Å². The predicted octanol–water partition coefficient (Wildman–Crippen LogP) is 2.58. The molecule has 0 fully saturated rings. The van der Waals surface area contributed by atoms with Gasteiger partial charge >= 0.3 is 0 Å². The third-order valence-electron chi connectivity index (χ3n) is 3.45. The molecule has 0 aliphatic heterocycles. The van der Waals surface area contributed by atoms with Crippen molar-refractivity contribution >= 4 is 29.9 Å². The zero-order valence-corrected chi connectivity index (χ0v) is 17.6. The molecule has 0 bridgehead atoms. The highest BCUT2D eigenvalue weighted by Crippen LogP contribution is 2.22. The minimum Gasteiger partial charge on any atom is -0.266 e. The number of nitrogens with zero attached hydrogens (tertiary/aromatic N) is 1. The van der Waals surface area contributed by atoms with Crippen molar-refractivity contribution in [1.82, 2.24) is 0 Å². The first-order chi connectivity index (χ1) is 12.4. The first kappa shape index (κ1) is 21.5. The summed E-state index contributed by atoms with van der Waals surface area (Å²) in [6.07, 6.45) is -0.154. The molecular formula is C17H21NO6S3. The normalized spacial score (nSPS) is 15.7. The summed E-state index contributed by atoms with van der Waals surface area (Å²) in [6, 6.07) is 13.9. The standard InChI is InChI=1S/C17H21NO6S3/c1-14-9-11-17(12-10-14)27(22,23)18-26(21,16-7-5-4-6-8-16)13-15(2)24-25(3,19)20/h4-12,15H,13H2,1-3H3/t15-,26+/m0/s1. The molecule has 0 aliphatic carbocycles. The Balaban J connectivity index is 2.57. The lowest BCUT2D eigenvalue weighted by Gasteiger charge is -2.15. The Labute approximate surface area is 160 Å². The molecule has 0 heterocycles. The summed E-state index contributed by atoms with van der Waals surface area (Å²) in [5.74, 6) is -0.394. The molecule has 2 aromatic rings. The van der Waals surface area contributed by atoms with E-state index >= 15 is 0 Å². The number of sulfonamides is 1. The highest BCUT2D eigenvalue weighted by Gasteiger charge is 2.25. The van der Waals surface area contributed by atoms with Crippen LogP contribution >= 0.6 is 0 Å². The Morgan fingerprint density at radius 1 is 0.889 bits per heavy atom. The van der Waals surface area contributed by atoms with E-state index in [9.17, 15) is 21.0 Å². The zero-order chi connectivity index (χ0) is 20.3. The molecule has 2 atom stereocenters. The predicted molar refractivity (Wildman–Crippen MR) is 104 cm³/mol. The molecule has 0 unspecified atom stereocenters. The van der Waals surface area contributed by atoms with Crippen LogP contribution in [-0.4, -0.2) is 39.2 Å². The van der Waals surface area contributed by atoms with Gasteiger partial charge in [0.05, 0.1) is 32.7 Å². The summed E-state index contributed by atoms with van der Waals surface area (Å²) < 4.78 is 70.1. The molecule has 0 saturated heterocycles. The second-order valence-corrected chi connectivity index (χ2v) is 11.8. The first-order valence-electron chi connectivity index (χ1n) is 7.92. The van der Waals surface area contributed by atoms with Crippen molar-refractivity contribution in [2.45, 2.75) is 29.7 Å². The van der Waals surface area contributed by atoms with E-state index in [0.717, 1.165) is 11.8 Å². The van der Waals surface area contributed by atoms with Gasteiger partial charge in [-0.05, 0) is 38.1 Å². The van der Waals surface area contributed by atoms with E-state index in [-0.39, 0.29) is 9.79 Å². The number of hydrogen-bond acceptors (Lipinski definition) is 6. The molecule has 0 aliphatic rings. The lowest BCUT2D eigenvalue weighted by Crippen LogP contribution is -2.24. The lowest BCUT2D eigenvalue weighted by molar-refractivity contribution is 0.254. The van der Waals surface area contributed by atoms with E-state index in [1.54, 1.807) is 30.3 Å². The SMILES string of the molecule is Cc1ccc(S(=O)(=O)N=[S@@](=O)(C[C@H](C)OS(C)(=O)=O)c2ccccc2)cc1. The van der Waals surface area contributed by atoms with Crippen LogP contribution in [0.1, 0.15) is 12.5 Å².